The normalized spacial score (nSPS) is 30.9. The first-order valence-corrected chi connectivity index (χ1v) is 6.46. The molecule has 0 radical (unpaired) electrons. The van der Waals surface area contributed by atoms with Crippen LogP contribution in [0.2, 0.25) is 0 Å². The Bertz CT molecular complexity index is 403. The zero-order chi connectivity index (χ0) is 12.5. The Labute approximate surface area is 106 Å². The zero-order valence-corrected chi connectivity index (χ0v) is 10.2. The summed E-state index contributed by atoms with van der Waals surface area (Å²) in [6.07, 6.45) is 5.74. The molecule has 0 aromatic rings. The molecule has 2 aliphatic heterocycles. The highest BCUT2D eigenvalue weighted by atomic mass is 16.3. The fourth-order valence-electron chi connectivity index (χ4n) is 2.27. The maximum atomic E-state index is 11.7. The Balaban J connectivity index is 1.61. The maximum absolute atomic E-state index is 11.7. The summed E-state index contributed by atoms with van der Waals surface area (Å²) in [4.78, 5) is 17.9. The van der Waals surface area contributed by atoms with Crippen LogP contribution in [-0.4, -0.2) is 47.6 Å². The van der Waals surface area contributed by atoms with Crippen LogP contribution in [0.5, 0.6) is 0 Å². The number of carbonyl (C=O) groups is 1. The zero-order valence-electron chi connectivity index (χ0n) is 10.2. The van der Waals surface area contributed by atoms with Gasteiger partial charge in [0, 0.05) is 25.1 Å². The number of amides is 1. The van der Waals surface area contributed by atoms with E-state index in [0.29, 0.717) is 6.54 Å². The van der Waals surface area contributed by atoms with Crippen molar-refractivity contribution in [3.63, 3.8) is 0 Å². The molecule has 18 heavy (non-hydrogen) atoms. The number of hydrogen-bond donors (Lipinski definition) is 3. The van der Waals surface area contributed by atoms with Gasteiger partial charge in [-0.05, 0) is 19.3 Å². The topological polar surface area (TPSA) is 77.0 Å². The third-order valence-corrected chi connectivity index (χ3v) is 3.51. The summed E-state index contributed by atoms with van der Waals surface area (Å²) < 4.78 is 0. The first kappa shape index (κ1) is 11.5. The molecule has 3 aliphatic rings. The van der Waals surface area contributed by atoms with Crippen molar-refractivity contribution in [3.8, 4) is 0 Å². The van der Waals surface area contributed by atoms with Crippen molar-refractivity contribution in [2.24, 2.45) is 10.9 Å². The SMILES string of the molecule is O=C(NC1C=C(N2CCC(O)C2)NC=N1)C1CC1. The average Bonchev–Trinajstić information content (AvgIpc) is 3.12. The number of rotatable bonds is 3. The van der Waals surface area contributed by atoms with Crippen molar-refractivity contribution in [1.82, 2.24) is 15.5 Å². The van der Waals surface area contributed by atoms with Gasteiger partial charge in [0.2, 0.25) is 5.91 Å². The van der Waals surface area contributed by atoms with Gasteiger partial charge >= 0.3 is 0 Å². The molecule has 0 aromatic carbocycles. The van der Waals surface area contributed by atoms with Gasteiger partial charge in [0.1, 0.15) is 12.0 Å². The van der Waals surface area contributed by atoms with Gasteiger partial charge in [-0.1, -0.05) is 0 Å². The van der Waals surface area contributed by atoms with Crippen LogP contribution in [0.15, 0.2) is 16.9 Å². The summed E-state index contributed by atoms with van der Waals surface area (Å²) >= 11 is 0. The van der Waals surface area contributed by atoms with Gasteiger partial charge in [-0.15, -0.1) is 0 Å². The van der Waals surface area contributed by atoms with E-state index in [1.165, 1.54) is 0 Å². The Kier molecular flexibility index (Phi) is 2.95. The lowest BCUT2D eigenvalue weighted by atomic mass is 10.3. The lowest BCUT2D eigenvalue weighted by molar-refractivity contribution is -0.122. The standard InChI is InChI=1S/C12H18N4O2/c17-9-3-4-16(6-9)11-5-10(13-7-14-11)15-12(18)8-1-2-8/h5,7-10,17H,1-4,6H2,(H,13,14)(H,15,18). The molecular formula is C12H18N4O2. The number of aliphatic imine (C=N–C) groups is 1. The predicted octanol–water partition coefficient (Wildman–Crippen LogP) is -0.622. The van der Waals surface area contributed by atoms with Gasteiger partial charge < -0.3 is 20.6 Å². The summed E-state index contributed by atoms with van der Waals surface area (Å²) in [6.45, 7) is 1.47. The second-order valence-corrected chi connectivity index (χ2v) is 5.09. The van der Waals surface area contributed by atoms with Gasteiger partial charge in [0.15, 0.2) is 0 Å². The quantitative estimate of drug-likeness (QED) is 0.624. The van der Waals surface area contributed by atoms with E-state index in [-0.39, 0.29) is 24.1 Å². The van der Waals surface area contributed by atoms with E-state index < -0.39 is 0 Å². The van der Waals surface area contributed by atoms with Gasteiger partial charge in [-0.3, -0.25) is 4.79 Å². The van der Waals surface area contributed by atoms with E-state index in [0.717, 1.165) is 31.6 Å². The van der Waals surface area contributed by atoms with Crippen LogP contribution in [0.1, 0.15) is 19.3 Å². The lowest BCUT2D eigenvalue weighted by Crippen LogP contribution is -2.40. The minimum Gasteiger partial charge on any atom is -0.391 e. The highest BCUT2D eigenvalue weighted by Gasteiger charge is 2.31. The molecule has 1 aliphatic carbocycles. The third-order valence-electron chi connectivity index (χ3n) is 3.51. The number of β-amino-alcohol motifs (C(OH)–C–C–N with tert-alkyl or cyclic N) is 1. The highest BCUT2D eigenvalue weighted by Crippen LogP contribution is 2.29. The fraction of sp³-hybridized carbons (Fsp3) is 0.667. The Hall–Kier alpha value is -1.56. The molecule has 2 fully saturated rings. The Morgan fingerprint density at radius 3 is 3.00 bits per heavy atom. The molecule has 0 bridgehead atoms. The van der Waals surface area contributed by atoms with Gasteiger partial charge in [-0.2, -0.15) is 0 Å². The molecule has 1 saturated heterocycles. The van der Waals surface area contributed by atoms with Crippen molar-refractivity contribution >= 4 is 12.2 Å². The van der Waals surface area contributed by atoms with E-state index >= 15 is 0 Å². The summed E-state index contributed by atoms with van der Waals surface area (Å²) in [7, 11) is 0. The molecule has 2 heterocycles. The van der Waals surface area contributed by atoms with Crippen molar-refractivity contribution in [2.75, 3.05) is 13.1 Å². The molecule has 3 N–H and O–H groups in total. The van der Waals surface area contributed by atoms with Crippen LogP contribution < -0.4 is 10.6 Å². The first-order chi connectivity index (χ1) is 8.72. The molecule has 2 atom stereocenters. The molecular weight excluding hydrogens is 232 g/mol. The van der Waals surface area contributed by atoms with Crippen molar-refractivity contribution in [3.05, 3.63) is 11.9 Å². The number of nitrogens with one attached hydrogen (secondary N) is 2. The van der Waals surface area contributed by atoms with Crippen molar-refractivity contribution in [1.29, 1.82) is 0 Å². The van der Waals surface area contributed by atoms with Gasteiger partial charge in [-0.25, -0.2) is 4.99 Å². The lowest BCUT2D eigenvalue weighted by Gasteiger charge is -2.25. The smallest absolute Gasteiger partial charge is 0.224 e. The summed E-state index contributed by atoms with van der Waals surface area (Å²) in [5.74, 6) is 1.21. The number of aliphatic hydroxyl groups is 1. The van der Waals surface area contributed by atoms with E-state index in [1.807, 2.05) is 6.08 Å². The monoisotopic (exact) mass is 250 g/mol. The van der Waals surface area contributed by atoms with Crippen LogP contribution in [0, 0.1) is 5.92 Å². The first-order valence-electron chi connectivity index (χ1n) is 6.46. The van der Waals surface area contributed by atoms with Gasteiger partial charge in [0.25, 0.3) is 0 Å². The highest BCUT2D eigenvalue weighted by molar-refractivity contribution is 5.81. The predicted molar refractivity (Wildman–Crippen MR) is 66.6 cm³/mol. The molecule has 3 rings (SSSR count). The number of hydrogen-bond acceptors (Lipinski definition) is 5. The Morgan fingerprint density at radius 2 is 2.33 bits per heavy atom. The summed E-state index contributed by atoms with van der Waals surface area (Å²) in [5.41, 5.74) is 0. The summed E-state index contributed by atoms with van der Waals surface area (Å²) in [5, 5.41) is 15.5. The van der Waals surface area contributed by atoms with Crippen molar-refractivity contribution in [2.45, 2.75) is 31.5 Å². The van der Waals surface area contributed by atoms with Crippen LogP contribution >= 0.6 is 0 Å². The van der Waals surface area contributed by atoms with Crippen LogP contribution in [-0.2, 0) is 4.79 Å². The second kappa shape index (κ2) is 4.61. The molecule has 0 spiro atoms. The molecule has 2 unspecified atom stereocenters. The minimum absolute atomic E-state index is 0.0936. The number of likely N-dealkylation sites (tertiary alicyclic amines) is 1. The van der Waals surface area contributed by atoms with E-state index in [4.69, 9.17) is 0 Å². The fourth-order valence-corrected chi connectivity index (χ4v) is 2.27. The second-order valence-electron chi connectivity index (χ2n) is 5.09. The van der Waals surface area contributed by atoms with Crippen LogP contribution in [0.3, 0.4) is 0 Å². The minimum atomic E-state index is -0.285. The number of nitrogens with zero attached hydrogens (tertiary/aromatic N) is 2. The summed E-state index contributed by atoms with van der Waals surface area (Å²) in [6, 6.07) is 0. The largest absolute Gasteiger partial charge is 0.391 e. The average molecular weight is 250 g/mol. The molecule has 6 nitrogen and oxygen atoms in total. The van der Waals surface area contributed by atoms with Crippen molar-refractivity contribution < 1.29 is 9.90 Å². The number of carbonyl (C=O) groups excluding carboxylic acids is 1. The molecule has 6 heteroatoms. The number of aliphatic hydroxyl groups excluding tert-OH is 1. The molecule has 98 valence electrons. The molecule has 1 amide bonds. The van der Waals surface area contributed by atoms with Gasteiger partial charge in [0.05, 0.1) is 12.4 Å². The van der Waals surface area contributed by atoms with E-state index in [9.17, 15) is 9.90 Å². The van der Waals surface area contributed by atoms with Crippen LogP contribution in [0.4, 0.5) is 0 Å². The third kappa shape index (κ3) is 2.48. The van der Waals surface area contributed by atoms with Crippen LogP contribution in [0.25, 0.3) is 0 Å². The Morgan fingerprint density at radius 1 is 1.50 bits per heavy atom. The maximum Gasteiger partial charge on any atom is 0.224 e. The van der Waals surface area contributed by atoms with E-state index in [1.54, 1.807) is 6.34 Å². The molecule has 0 aromatic heterocycles. The van der Waals surface area contributed by atoms with E-state index in [2.05, 4.69) is 20.5 Å². The molecule has 1 saturated carbocycles.